The predicted molar refractivity (Wildman–Crippen MR) is 92.7 cm³/mol. The molecule has 0 atom stereocenters. The molecule has 2 N–H and O–H groups in total. The Morgan fingerprint density at radius 1 is 1.00 bits per heavy atom. The van der Waals surface area contributed by atoms with Gasteiger partial charge in [0.2, 0.25) is 0 Å². The first-order valence-corrected chi connectivity index (χ1v) is 7.52. The Hall–Kier alpha value is -3.79. The highest BCUT2D eigenvalue weighted by Gasteiger charge is 2.08. The molecule has 7 nitrogen and oxygen atoms in total. The van der Waals surface area contributed by atoms with E-state index in [9.17, 15) is 4.79 Å². The zero-order valence-electron chi connectivity index (χ0n) is 13.2. The fourth-order valence-corrected chi connectivity index (χ4v) is 2.06. The van der Waals surface area contributed by atoms with E-state index in [4.69, 9.17) is 5.26 Å². The fourth-order valence-electron chi connectivity index (χ4n) is 2.06. The van der Waals surface area contributed by atoms with Gasteiger partial charge in [0.25, 0.3) is 5.91 Å². The predicted octanol–water partition coefficient (Wildman–Crippen LogP) is 2.61. The van der Waals surface area contributed by atoms with Crippen LogP contribution in [-0.4, -0.2) is 21.1 Å². The van der Waals surface area contributed by atoms with Gasteiger partial charge in [0, 0.05) is 24.6 Å². The van der Waals surface area contributed by atoms with Crippen LogP contribution >= 0.6 is 0 Å². The van der Waals surface area contributed by atoms with E-state index in [1.54, 1.807) is 48.8 Å². The molecule has 1 amide bonds. The molecule has 25 heavy (non-hydrogen) atoms. The molecular weight excluding hydrogens is 316 g/mol. The molecule has 0 saturated carbocycles. The second-order valence-electron chi connectivity index (χ2n) is 5.16. The Kier molecular flexibility index (Phi) is 4.93. The van der Waals surface area contributed by atoms with Gasteiger partial charge in [0.15, 0.2) is 5.69 Å². The molecule has 3 aromatic rings. The standard InChI is InChI=1S/C18H14N6O/c19-11-13-1-3-15(4-2-13)22-18(25)16-5-6-17(24-23-16)21-12-14-7-9-20-10-8-14/h1-10H,12H2,(H,21,24)(H,22,25). The number of nitrogens with zero attached hydrogens (tertiary/aromatic N) is 4. The van der Waals surface area contributed by atoms with E-state index in [0.29, 0.717) is 23.6 Å². The van der Waals surface area contributed by atoms with Crippen molar-refractivity contribution in [3.05, 3.63) is 77.7 Å². The van der Waals surface area contributed by atoms with Crippen LogP contribution < -0.4 is 10.6 Å². The molecule has 3 rings (SSSR count). The summed E-state index contributed by atoms with van der Waals surface area (Å²) in [7, 11) is 0. The van der Waals surface area contributed by atoms with E-state index >= 15 is 0 Å². The lowest BCUT2D eigenvalue weighted by molar-refractivity contribution is 0.102. The minimum Gasteiger partial charge on any atom is -0.365 e. The molecule has 0 aliphatic carbocycles. The molecule has 7 heteroatoms. The van der Waals surface area contributed by atoms with Gasteiger partial charge in [-0.15, -0.1) is 10.2 Å². The highest BCUT2D eigenvalue weighted by molar-refractivity contribution is 6.02. The van der Waals surface area contributed by atoms with Gasteiger partial charge >= 0.3 is 0 Å². The van der Waals surface area contributed by atoms with Crippen molar-refractivity contribution in [3.8, 4) is 6.07 Å². The number of aromatic nitrogens is 3. The number of rotatable bonds is 5. The maximum atomic E-state index is 12.2. The van der Waals surface area contributed by atoms with Crippen LogP contribution in [0.3, 0.4) is 0 Å². The lowest BCUT2D eigenvalue weighted by atomic mass is 10.2. The van der Waals surface area contributed by atoms with Crippen molar-refractivity contribution in [1.29, 1.82) is 5.26 Å². The molecule has 0 radical (unpaired) electrons. The van der Waals surface area contributed by atoms with Gasteiger partial charge in [-0.1, -0.05) is 0 Å². The molecule has 2 heterocycles. The van der Waals surface area contributed by atoms with Gasteiger partial charge in [-0.05, 0) is 54.1 Å². The Morgan fingerprint density at radius 3 is 2.40 bits per heavy atom. The summed E-state index contributed by atoms with van der Waals surface area (Å²) in [4.78, 5) is 16.1. The second kappa shape index (κ2) is 7.66. The summed E-state index contributed by atoms with van der Waals surface area (Å²) in [5.41, 5.74) is 2.39. The first-order chi connectivity index (χ1) is 12.2. The van der Waals surface area contributed by atoms with E-state index in [2.05, 4.69) is 25.8 Å². The molecule has 0 bridgehead atoms. The maximum Gasteiger partial charge on any atom is 0.276 e. The zero-order chi connectivity index (χ0) is 17.5. The van der Waals surface area contributed by atoms with Gasteiger partial charge < -0.3 is 10.6 Å². The monoisotopic (exact) mass is 330 g/mol. The number of anilines is 2. The zero-order valence-corrected chi connectivity index (χ0v) is 13.2. The van der Waals surface area contributed by atoms with E-state index in [1.165, 1.54) is 0 Å². The van der Waals surface area contributed by atoms with Crippen molar-refractivity contribution in [1.82, 2.24) is 15.2 Å². The van der Waals surface area contributed by atoms with Crippen molar-refractivity contribution in [2.24, 2.45) is 0 Å². The maximum absolute atomic E-state index is 12.2. The third-order valence-corrected chi connectivity index (χ3v) is 3.39. The third-order valence-electron chi connectivity index (χ3n) is 3.39. The quantitative estimate of drug-likeness (QED) is 0.745. The second-order valence-corrected chi connectivity index (χ2v) is 5.16. The lowest BCUT2D eigenvalue weighted by Gasteiger charge is -2.06. The van der Waals surface area contributed by atoms with E-state index in [1.807, 2.05) is 18.2 Å². The van der Waals surface area contributed by atoms with Crippen LogP contribution in [-0.2, 0) is 6.54 Å². The van der Waals surface area contributed by atoms with E-state index < -0.39 is 0 Å². The first kappa shape index (κ1) is 16.1. The van der Waals surface area contributed by atoms with Crippen LogP contribution in [0.25, 0.3) is 0 Å². The number of hydrogen-bond acceptors (Lipinski definition) is 6. The topological polar surface area (TPSA) is 104 Å². The molecule has 0 spiro atoms. The molecule has 2 aromatic heterocycles. The Morgan fingerprint density at radius 2 is 1.76 bits per heavy atom. The van der Waals surface area contributed by atoms with Crippen LogP contribution in [0.15, 0.2) is 60.9 Å². The van der Waals surface area contributed by atoms with Crippen molar-refractivity contribution >= 4 is 17.4 Å². The van der Waals surface area contributed by atoms with Crippen LogP contribution in [0.5, 0.6) is 0 Å². The average molecular weight is 330 g/mol. The Bertz CT molecular complexity index is 886. The van der Waals surface area contributed by atoms with E-state index in [-0.39, 0.29) is 11.6 Å². The summed E-state index contributed by atoms with van der Waals surface area (Å²) in [6.07, 6.45) is 3.44. The molecule has 1 aromatic carbocycles. The third kappa shape index (κ3) is 4.36. The van der Waals surface area contributed by atoms with Crippen molar-refractivity contribution in [2.45, 2.75) is 6.54 Å². The summed E-state index contributed by atoms with van der Waals surface area (Å²) in [6.45, 7) is 0.591. The smallest absolute Gasteiger partial charge is 0.276 e. The SMILES string of the molecule is N#Cc1ccc(NC(=O)c2ccc(NCc3ccncc3)nn2)cc1. The number of nitriles is 1. The lowest BCUT2D eigenvalue weighted by Crippen LogP contribution is -2.14. The van der Waals surface area contributed by atoms with Crippen molar-refractivity contribution < 1.29 is 4.79 Å². The fraction of sp³-hybridized carbons (Fsp3) is 0.0556. The number of benzene rings is 1. The average Bonchev–Trinajstić information content (AvgIpc) is 2.68. The number of nitrogens with one attached hydrogen (secondary N) is 2. The number of carbonyl (C=O) groups excluding carboxylic acids is 1. The van der Waals surface area contributed by atoms with Gasteiger partial charge in [-0.25, -0.2) is 0 Å². The summed E-state index contributed by atoms with van der Waals surface area (Å²) in [6, 6.07) is 15.7. The number of hydrogen-bond donors (Lipinski definition) is 2. The van der Waals surface area contributed by atoms with Gasteiger partial charge in [-0.2, -0.15) is 5.26 Å². The first-order valence-electron chi connectivity index (χ1n) is 7.52. The normalized spacial score (nSPS) is 9.88. The number of carbonyl (C=O) groups is 1. The summed E-state index contributed by atoms with van der Waals surface area (Å²) < 4.78 is 0. The highest BCUT2D eigenvalue weighted by Crippen LogP contribution is 2.11. The molecule has 122 valence electrons. The summed E-state index contributed by atoms with van der Waals surface area (Å²) >= 11 is 0. The Balaban J connectivity index is 1.59. The van der Waals surface area contributed by atoms with E-state index in [0.717, 1.165) is 5.56 Å². The minimum atomic E-state index is -0.363. The van der Waals surface area contributed by atoms with Gasteiger partial charge in [0.05, 0.1) is 11.6 Å². The van der Waals surface area contributed by atoms with Crippen LogP contribution in [0.4, 0.5) is 11.5 Å². The molecule has 0 saturated heterocycles. The highest BCUT2D eigenvalue weighted by atomic mass is 16.1. The summed E-state index contributed by atoms with van der Waals surface area (Å²) in [5, 5.41) is 22.5. The summed E-state index contributed by atoms with van der Waals surface area (Å²) in [5.74, 6) is 0.213. The number of amides is 1. The molecule has 0 aliphatic rings. The molecule has 0 aliphatic heterocycles. The molecular formula is C18H14N6O. The Labute approximate surface area is 144 Å². The molecule has 0 unspecified atom stereocenters. The van der Waals surface area contributed by atoms with Crippen molar-refractivity contribution in [2.75, 3.05) is 10.6 Å². The van der Waals surface area contributed by atoms with Crippen LogP contribution in [0, 0.1) is 11.3 Å². The van der Waals surface area contributed by atoms with Crippen molar-refractivity contribution in [3.63, 3.8) is 0 Å². The number of pyridine rings is 1. The van der Waals surface area contributed by atoms with Gasteiger partial charge in [0.1, 0.15) is 5.82 Å². The largest absolute Gasteiger partial charge is 0.365 e. The van der Waals surface area contributed by atoms with Crippen LogP contribution in [0.1, 0.15) is 21.6 Å². The van der Waals surface area contributed by atoms with Gasteiger partial charge in [-0.3, -0.25) is 9.78 Å². The minimum absolute atomic E-state index is 0.207. The van der Waals surface area contributed by atoms with Crippen LogP contribution in [0.2, 0.25) is 0 Å². The molecule has 0 fully saturated rings.